The Morgan fingerprint density at radius 3 is 2.56 bits per heavy atom. The first kappa shape index (κ1) is 12.2. The van der Waals surface area contributed by atoms with Gasteiger partial charge in [0.15, 0.2) is 0 Å². The summed E-state index contributed by atoms with van der Waals surface area (Å²) in [6.45, 7) is 1.74. The number of rotatable bonds is 5. The molecule has 0 fully saturated rings. The molecule has 3 N–H and O–H groups in total. The number of carbonyl (C=O) groups excluding carboxylic acids is 1. The molecule has 4 nitrogen and oxygen atoms in total. The fourth-order valence-corrected chi connectivity index (χ4v) is 1.46. The van der Waals surface area contributed by atoms with Crippen molar-refractivity contribution in [2.45, 2.75) is 19.8 Å². The minimum Gasteiger partial charge on any atom is -0.478 e. The molecule has 0 spiro atoms. The highest BCUT2D eigenvalue weighted by Gasteiger charge is 2.12. The quantitative estimate of drug-likeness (QED) is 0.789. The summed E-state index contributed by atoms with van der Waals surface area (Å²) in [6.07, 6.45) is 1.12. The first-order chi connectivity index (χ1) is 7.52. The normalized spacial score (nSPS) is 12.1. The van der Waals surface area contributed by atoms with Crippen molar-refractivity contribution in [3.05, 3.63) is 35.4 Å². The van der Waals surface area contributed by atoms with Gasteiger partial charge in [0.1, 0.15) is 0 Å². The first-order valence-corrected chi connectivity index (χ1v) is 5.13. The Hall–Kier alpha value is -1.84. The molecule has 86 valence electrons. The van der Waals surface area contributed by atoms with E-state index in [2.05, 4.69) is 0 Å². The topological polar surface area (TPSA) is 80.4 Å². The highest BCUT2D eigenvalue weighted by Crippen LogP contribution is 2.14. The smallest absolute Gasteiger partial charge is 0.335 e. The van der Waals surface area contributed by atoms with Crippen molar-refractivity contribution in [2.24, 2.45) is 11.7 Å². The number of amides is 1. The van der Waals surface area contributed by atoms with E-state index in [1.165, 1.54) is 0 Å². The number of hydrogen-bond donors (Lipinski definition) is 2. The maximum Gasteiger partial charge on any atom is 0.335 e. The molecule has 1 unspecified atom stereocenters. The van der Waals surface area contributed by atoms with Crippen molar-refractivity contribution >= 4 is 11.9 Å². The second kappa shape index (κ2) is 5.30. The van der Waals surface area contributed by atoms with E-state index in [0.717, 1.165) is 5.56 Å². The van der Waals surface area contributed by atoms with Crippen LogP contribution in [0.3, 0.4) is 0 Å². The molecule has 1 amide bonds. The molecule has 4 heteroatoms. The van der Waals surface area contributed by atoms with Gasteiger partial charge in [-0.05, 0) is 24.5 Å². The molecule has 0 saturated carbocycles. The summed E-state index contributed by atoms with van der Waals surface area (Å²) >= 11 is 0. The van der Waals surface area contributed by atoms with Gasteiger partial charge in [0, 0.05) is 5.92 Å². The van der Waals surface area contributed by atoms with Gasteiger partial charge >= 0.3 is 5.97 Å². The zero-order chi connectivity index (χ0) is 12.1. The van der Waals surface area contributed by atoms with Crippen molar-refractivity contribution in [3.63, 3.8) is 0 Å². The lowest BCUT2D eigenvalue weighted by Gasteiger charge is -2.08. The number of aryl methyl sites for hydroxylation is 1. The lowest BCUT2D eigenvalue weighted by molar-refractivity contribution is -0.121. The highest BCUT2D eigenvalue weighted by atomic mass is 16.4. The van der Waals surface area contributed by atoms with Crippen LogP contribution in [0.5, 0.6) is 0 Å². The molecular formula is C12H15NO3. The number of aromatic carboxylic acids is 1. The molecule has 0 aromatic heterocycles. The Morgan fingerprint density at radius 1 is 1.38 bits per heavy atom. The molecule has 0 saturated heterocycles. The van der Waals surface area contributed by atoms with E-state index in [1.807, 2.05) is 0 Å². The van der Waals surface area contributed by atoms with E-state index in [4.69, 9.17) is 10.8 Å². The summed E-state index contributed by atoms with van der Waals surface area (Å²) in [5, 5.41) is 8.95. The van der Waals surface area contributed by atoms with Gasteiger partial charge < -0.3 is 10.8 Å². The van der Waals surface area contributed by atoms with Crippen LogP contribution in [-0.4, -0.2) is 17.0 Å². The van der Waals surface area contributed by atoms with Crippen LogP contribution in [0.25, 0.3) is 0 Å². The third-order valence-corrected chi connectivity index (χ3v) is 2.58. The predicted octanol–water partition coefficient (Wildman–Crippen LogP) is 1.44. The molecule has 0 aliphatic rings. The molecule has 1 aromatic rings. The van der Waals surface area contributed by atoms with Crippen LogP contribution in [-0.2, 0) is 11.2 Å². The molecule has 0 bridgehead atoms. The fraction of sp³-hybridized carbons (Fsp3) is 0.333. The monoisotopic (exact) mass is 221 g/mol. The van der Waals surface area contributed by atoms with E-state index >= 15 is 0 Å². The van der Waals surface area contributed by atoms with Crippen LogP contribution >= 0.6 is 0 Å². The Morgan fingerprint density at radius 2 is 2.00 bits per heavy atom. The minimum atomic E-state index is -0.942. The third kappa shape index (κ3) is 3.08. The van der Waals surface area contributed by atoms with Crippen LogP contribution in [0, 0.1) is 5.92 Å². The second-order valence-corrected chi connectivity index (χ2v) is 3.80. The van der Waals surface area contributed by atoms with Crippen LogP contribution in [0.1, 0.15) is 29.3 Å². The highest BCUT2D eigenvalue weighted by molar-refractivity contribution is 5.89. The van der Waals surface area contributed by atoms with Crippen molar-refractivity contribution in [3.8, 4) is 0 Å². The number of nitrogens with two attached hydrogens (primary N) is 1. The minimum absolute atomic E-state index is 0.234. The first-order valence-electron chi connectivity index (χ1n) is 5.13. The van der Waals surface area contributed by atoms with E-state index in [1.54, 1.807) is 31.2 Å². The van der Waals surface area contributed by atoms with Crippen LogP contribution in [0.4, 0.5) is 0 Å². The molecule has 0 aliphatic carbocycles. The summed E-state index contributed by atoms with van der Waals surface area (Å²) in [6, 6.07) is 6.80. The van der Waals surface area contributed by atoms with E-state index in [0.29, 0.717) is 18.4 Å². The Bertz CT molecular complexity index is 401. The number of benzene rings is 1. The van der Waals surface area contributed by atoms with E-state index < -0.39 is 5.97 Å². The number of carboxylic acid groups (broad SMARTS) is 1. The van der Waals surface area contributed by atoms with E-state index in [-0.39, 0.29) is 11.8 Å². The van der Waals surface area contributed by atoms with Gasteiger partial charge in [-0.3, -0.25) is 4.79 Å². The van der Waals surface area contributed by atoms with Crippen LogP contribution in [0.2, 0.25) is 0 Å². The molecule has 1 rings (SSSR count). The second-order valence-electron chi connectivity index (χ2n) is 3.80. The molecular weight excluding hydrogens is 206 g/mol. The maximum absolute atomic E-state index is 10.9. The number of hydrogen-bond acceptors (Lipinski definition) is 2. The fourth-order valence-electron chi connectivity index (χ4n) is 1.46. The van der Waals surface area contributed by atoms with Gasteiger partial charge in [-0.2, -0.15) is 0 Å². The summed E-state index contributed by atoms with van der Waals surface area (Å²) in [4.78, 5) is 21.8. The number of carbonyl (C=O) groups is 2. The maximum atomic E-state index is 10.9. The molecule has 0 heterocycles. The molecule has 16 heavy (non-hydrogen) atoms. The van der Waals surface area contributed by atoms with Gasteiger partial charge in [-0.25, -0.2) is 4.79 Å². The van der Waals surface area contributed by atoms with Gasteiger partial charge in [0.25, 0.3) is 0 Å². The standard InChI is InChI=1S/C12H15NO3/c1-8(11(13)14)6-7-9-4-2-3-5-10(9)12(15)16/h2-5,8H,6-7H2,1H3,(H2,13,14)(H,15,16). The zero-order valence-corrected chi connectivity index (χ0v) is 9.14. The molecule has 0 aliphatic heterocycles. The molecule has 1 atom stereocenters. The summed E-state index contributed by atoms with van der Waals surface area (Å²) in [5.41, 5.74) is 6.17. The van der Waals surface area contributed by atoms with Gasteiger partial charge in [-0.15, -0.1) is 0 Å². The van der Waals surface area contributed by atoms with Crippen molar-refractivity contribution in [1.29, 1.82) is 0 Å². The van der Waals surface area contributed by atoms with Gasteiger partial charge in [0.2, 0.25) is 5.91 Å². The molecule has 1 aromatic carbocycles. The van der Waals surface area contributed by atoms with E-state index in [9.17, 15) is 9.59 Å². The summed E-state index contributed by atoms with van der Waals surface area (Å²) < 4.78 is 0. The Kier molecular flexibility index (Phi) is 4.05. The van der Waals surface area contributed by atoms with Gasteiger partial charge in [0.05, 0.1) is 5.56 Å². The number of carboxylic acids is 1. The average Bonchev–Trinajstić information content (AvgIpc) is 2.25. The lowest BCUT2D eigenvalue weighted by Crippen LogP contribution is -2.21. The molecule has 0 radical (unpaired) electrons. The largest absolute Gasteiger partial charge is 0.478 e. The SMILES string of the molecule is CC(CCc1ccccc1C(=O)O)C(N)=O. The van der Waals surface area contributed by atoms with Crippen molar-refractivity contribution < 1.29 is 14.7 Å². The predicted molar refractivity (Wildman–Crippen MR) is 60.1 cm³/mol. The lowest BCUT2D eigenvalue weighted by atomic mass is 9.97. The zero-order valence-electron chi connectivity index (χ0n) is 9.14. The number of primary amides is 1. The van der Waals surface area contributed by atoms with Crippen molar-refractivity contribution in [1.82, 2.24) is 0 Å². The third-order valence-electron chi connectivity index (χ3n) is 2.58. The van der Waals surface area contributed by atoms with Gasteiger partial charge in [-0.1, -0.05) is 25.1 Å². The van der Waals surface area contributed by atoms with Crippen LogP contribution < -0.4 is 5.73 Å². The Balaban J connectivity index is 2.74. The summed E-state index contributed by atoms with van der Waals surface area (Å²) in [7, 11) is 0. The van der Waals surface area contributed by atoms with Crippen molar-refractivity contribution in [2.75, 3.05) is 0 Å². The van der Waals surface area contributed by atoms with Crippen LogP contribution in [0.15, 0.2) is 24.3 Å². The average molecular weight is 221 g/mol. The Labute approximate surface area is 94.1 Å². The summed E-state index contributed by atoms with van der Waals surface area (Å²) in [5.74, 6) is -1.53.